The van der Waals surface area contributed by atoms with E-state index >= 15 is 0 Å². The van der Waals surface area contributed by atoms with Crippen LogP contribution in [0.1, 0.15) is 54.4 Å². The number of rotatable bonds is 10. The van der Waals surface area contributed by atoms with Crippen LogP contribution < -0.4 is 0 Å². The van der Waals surface area contributed by atoms with Crippen molar-refractivity contribution in [3.63, 3.8) is 0 Å². The lowest BCUT2D eigenvalue weighted by molar-refractivity contribution is -0.117. The quantitative estimate of drug-likeness (QED) is 0.456. The minimum Gasteiger partial charge on any atom is -0.379 e. The van der Waals surface area contributed by atoms with Crippen LogP contribution in [-0.4, -0.2) is 51.3 Å². The summed E-state index contributed by atoms with van der Waals surface area (Å²) < 4.78 is 10.6. The minimum absolute atomic E-state index is 0.576. The Kier molecular flexibility index (Phi) is 28.7. The summed E-state index contributed by atoms with van der Waals surface area (Å²) in [6, 6.07) is 0. The molecule has 0 aliphatic rings. The van der Waals surface area contributed by atoms with Crippen LogP contribution >= 0.6 is 0 Å². The highest BCUT2D eigenvalue weighted by molar-refractivity contribution is 5.46. The van der Waals surface area contributed by atoms with Gasteiger partial charge in [-0.15, -0.1) is 0 Å². The molecule has 0 saturated heterocycles. The summed E-state index contributed by atoms with van der Waals surface area (Å²) in [4.78, 5) is 11.7. The van der Waals surface area contributed by atoms with Gasteiger partial charge >= 0.3 is 0 Å². The molecule has 0 saturated carbocycles. The van der Waals surface area contributed by atoms with Crippen molar-refractivity contribution in [2.45, 2.75) is 54.4 Å². The SMILES string of the molecule is CC.CC(C)C.CCCCOCCOCCN(C)C=O. The molecule has 0 fully saturated rings. The van der Waals surface area contributed by atoms with Crippen molar-refractivity contribution in [3.05, 3.63) is 0 Å². The van der Waals surface area contributed by atoms with Crippen LogP contribution in [-0.2, 0) is 14.3 Å². The molecule has 0 atom stereocenters. The third kappa shape index (κ3) is 36.0. The van der Waals surface area contributed by atoms with Crippen molar-refractivity contribution >= 4 is 6.41 Å². The van der Waals surface area contributed by atoms with Crippen LogP contribution in [0.4, 0.5) is 0 Å². The molecule has 0 bridgehead atoms. The van der Waals surface area contributed by atoms with Crippen molar-refractivity contribution in [1.29, 1.82) is 0 Å². The summed E-state index contributed by atoms with van der Waals surface area (Å²) in [5.41, 5.74) is 0. The largest absolute Gasteiger partial charge is 0.379 e. The first-order chi connectivity index (χ1) is 9.54. The highest BCUT2D eigenvalue weighted by Crippen LogP contribution is 1.88. The van der Waals surface area contributed by atoms with Gasteiger partial charge in [-0.1, -0.05) is 48.0 Å². The zero-order chi connectivity index (χ0) is 16.2. The van der Waals surface area contributed by atoms with E-state index in [0.29, 0.717) is 26.4 Å². The van der Waals surface area contributed by atoms with E-state index in [9.17, 15) is 4.79 Å². The third-order valence-corrected chi connectivity index (χ3v) is 1.78. The van der Waals surface area contributed by atoms with E-state index in [1.54, 1.807) is 11.9 Å². The molecule has 0 aromatic heterocycles. The van der Waals surface area contributed by atoms with Crippen molar-refractivity contribution < 1.29 is 14.3 Å². The number of hydrogen-bond acceptors (Lipinski definition) is 3. The second-order valence-corrected chi connectivity index (χ2v) is 4.90. The zero-order valence-corrected chi connectivity index (χ0v) is 14.8. The Morgan fingerprint density at radius 1 is 1.00 bits per heavy atom. The number of carbonyl (C=O) groups is 1. The summed E-state index contributed by atoms with van der Waals surface area (Å²) in [6.07, 6.45) is 3.06. The summed E-state index contributed by atoms with van der Waals surface area (Å²) in [5, 5.41) is 0. The minimum atomic E-state index is 0.576. The van der Waals surface area contributed by atoms with Gasteiger partial charge < -0.3 is 14.4 Å². The van der Waals surface area contributed by atoms with Gasteiger partial charge in [0.2, 0.25) is 6.41 Å². The monoisotopic (exact) mass is 291 g/mol. The van der Waals surface area contributed by atoms with Gasteiger partial charge in [0, 0.05) is 20.2 Å². The molecular weight excluding hydrogens is 254 g/mol. The molecule has 0 rings (SSSR count). The van der Waals surface area contributed by atoms with Crippen LogP contribution in [0.3, 0.4) is 0 Å². The summed E-state index contributed by atoms with van der Waals surface area (Å²) in [7, 11) is 1.73. The van der Waals surface area contributed by atoms with E-state index in [2.05, 4.69) is 27.7 Å². The van der Waals surface area contributed by atoms with Crippen LogP contribution in [0.5, 0.6) is 0 Å². The Morgan fingerprint density at radius 2 is 1.45 bits per heavy atom. The Labute approximate surface area is 126 Å². The molecule has 0 aromatic rings. The van der Waals surface area contributed by atoms with E-state index in [1.807, 2.05) is 13.8 Å². The van der Waals surface area contributed by atoms with E-state index < -0.39 is 0 Å². The maximum Gasteiger partial charge on any atom is 0.209 e. The maximum atomic E-state index is 10.2. The van der Waals surface area contributed by atoms with Gasteiger partial charge in [-0.3, -0.25) is 4.79 Å². The molecule has 0 aliphatic heterocycles. The van der Waals surface area contributed by atoms with E-state index in [-0.39, 0.29) is 0 Å². The van der Waals surface area contributed by atoms with Crippen molar-refractivity contribution in [2.75, 3.05) is 40.0 Å². The molecule has 0 aliphatic carbocycles. The lowest BCUT2D eigenvalue weighted by Crippen LogP contribution is -2.22. The average molecular weight is 291 g/mol. The van der Waals surface area contributed by atoms with Crippen LogP contribution in [0.2, 0.25) is 0 Å². The molecule has 1 amide bonds. The normalized spacial score (nSPS) is 9.20. The standard InChI is InChI=1S/C10H21NO3.C4H10.C2H6/c1-3-4-6-13-8-9-14-7-5-11(2)10-12;1-4(2)3;1-2/h10H,3-9H2,1-2H3;4H,1-3H3;1-2H3. The van der Waals surface area contributed by atoms with Gasteiger partial charge in [-0.25, -0.2) is 0 Å². The van der Waals surface area contributed by atoms with Gasteiger partial charge in [-0.05, 0) is 12.3 Å². The molecule has 0 spiro atoms. The third-order valence-electron chi connectivity index (χ3n) is 1.78. The predicted octanol–water partition coefficient (Wildman–Crippen LogP) is 3.60. The molecular formula is C16H37NO3. The van der Waals surface area contributed by atoms with Gasteiger partial charge in [0.1, 0.15) is 0 Å². The molecule has 20 heavy (non-hydrogen) atoms. The van der Waals surface area contributed by atoms with E-state index in [0.717, 1.165) is 31.8 Å². The predicted molar refractivity (Wildman–Crippen MR) is 87.1 cm³/mol. The second kappa shape index (κ2) is 23.5. The first-order valence-electron chi connectivity index (χ1n) is 7.85. The number of likely N-dealkylation sites (N-methyl/N-ethyl adjacent to an activating group) is 1. The van der Waals surface area contributed by atoms with E-state index in [1.165, 1.54) is 0 Å². The number of unbranched alkanes of at least 4 members (excludes halogenated alkanes) is 1. The van der Waals surface area contributed by atoms with Crippen molar-refractivity contribution in [2.24, 2.45) is 5.92 Å². The highest BCUT2D eigenvalue weighted by Gasteiger charge is 1.93. The molecule has 0 N–H and O–H groups in total. The average Bonchev–Trinajstić information content (AvgIpc) is 2.43. The second-order valence-electron chi connectivity index (χ2n) is 4.90. The Bertz CT molecular complexity index is 161. The fourth-order valence-corrected chi connectivity index (χ4v) is 0.830. The maximum absolute atomic E-state index is 10.2. The van der Waals surface area contributed by atoms with Gasteiger partial charge in [-0.2, -0.15) is 0 Å². The van der Waals surface area contributed by atoms with Crippen LogP contribution in [0.15, 0.2) is 0 Å². The van der Waals surface area contributed by atoms with Gasteiger partial charge in [0.25, 0.3) is 0 Å². The molecule has 0 unspecified atom stereocenters. The van der Waals surface area contributed by atoms with Crippen LogP contribution in [0, 0.1) is 5.92 Å². The lowest BCUT2D eigenvalue weighted by atomic mass is 10.3. The molecule has 4 nitrogen and oxygen atoms in total. The highest BCUT2D eigenvalue weighted by atomic mass is 16.5. The fourth-order valence-electron chi connectivity index (χ4n) is 0.830. The molecule has 4 heteroatoms. The zero-order valence-electron chi connectivity index (χ0n) is 14.8. The van der Waals surface area contributed by atoms with E-state index in [4.69, 9.17) is 9.47 Å². The first kappa shape index (κ1) is 24.4. The van der Waals surface area contributed by atoms with Gasteiger partial charge in [0.05, 0.1) is 19.8 Å². The molecule has 0 aromatic carbocycles. The Morgan fingerprint density at radius 3 is 1.85 bits per heavy atom. The lowest BCUT2D eigenvalue weighted by Gasteiger charge is -2.10. The van der Waals surface area contributed by atoms with Gasteiger partial charge in [0.15, 0.2) is 0 Å². The summed E-state index contributed by atoms with van der Waals surface area (Å²) >= 11 is 0. The first-order valence-corrected chi connectivity index (χ1v) is 7.85. The van der Waals surface area contributed by atoms with Crippen molar-refractivity contribution in [1.82, 2.24) is 4.90 Å². The Hall–Kier alpha value is -0.610. The van der Waals surface area contributed by atoms with Crippen LogP contribution in [0.25, 0.3) is 0 Å². The number of nitrogens with zero attached hydrogens (tertiary/aromatic N) is 1. The van der Waals surface area contributed by atoms with Crippen molar-refractivity contribution in [3.8, 4) is 0 Å². The summed E-state index contributed by atoms with van der Waals surface area (Å²) in [5.74, 6) is 0.833. The summed E-state index contributed by atoms with van der Waals surface area (Å²) in [6.45, 7) is 15.9. The Balaban J connectivity index is -0.000000410. The molecule has 0 heterocycles. The number of hydrogen-bond donors (Lipinski definition) is 0. The number of carbonyl (C=O) groups excluding carboxylic acids is 1. The molecule has 124 valence electrons. The number of ether oxygens (including phenoxy) is 2. The topological polar surface area (TPSA) is 38.8 Å². The fraction of sp³-hybridized carbons (Fsp3) is 0.938. The smallest absolute Gasteiger partial charge is 0.209 e. The molecule has 0 radical (unpaired) electrons. The number of amides is 1.